The quantitative estimate of drug-likeness (QED) is 0.456. The molecule has 0 bridgehead atoms. The maximum Gasteiger partial charge on any atom is 0.244 e. The lowest BCUT2D eigenvalue weighted by Gasteiger charge is -2.32. The van der Waals surface area contributed by atoms with Gasteiger partial charge in [-0.2, -0.15) is 0 Å². The van der Waals surface area contributed by atoms with Crippen molar-refractivity contribution >= 4 is 27.5 Å². The number of amides is 2. The standard InChI is InChI=1S/C25H35N3O7S/c1-17(2)26-25(30)18(3)27(15-19-9-8-10-20(13-19)33-4)24(29)16-28(36(7,31)32)22-14-21(34-5)11-12-23(22)35-6/h8-14,17-18H,15-16H2,1-7H3,(H,26,30)/t18-/m0/s1. The van der Waals surface area contributed by atoms with Gasteiger partial charge in [0.25, 0.3) is 0 Å². The number of anilines is 1. The van der Waals surface area contributed by atoms with Crippen LogP contribution in [-0.4, -0.2) is 71.3 Å². The second-order valence-corrected chi connectivity index (χ2v) is 10.4. The van der Waals surface area contributed by atoms with Gasteiger partial charge in [0.15, 0.2) is 0 Å². The molecule has 0 saturated carbocycles. The first-order valence-corrected chi connectivity index (χ1v) is 13.2. The molecule has 11 heteroatoms. The number of hydrogen-bond acceptors (Lipinski definition) is 7. The van der Waals surface area contributed by atoms with Crippen molar-refractivity contribution in [2.75, 3.05) is 38.4 Å². The smallest absolute Gasteiger partial charge is 0.244 e. The number of carbonyl (C=O) groups excluding carboxylic acids is 2. The maximum absolute atomic E-state index is 13.7. The second-order valence-electron chi connectivity index (χ2n) is 8.52. The average Bonchev–Trinajstić information content (AvgIpc) is 2.83. The molecule has 0 radical (unpaired) electrons. The number of ether oxygens (including phenoxy) is 3. The van der Waals surface area contributed by atoms with Gasteiger partial charge in [0.1, 0.15) is 29.8 Å². The minimum absolute atomic E-state index is 0.0650. The van der Waals surface area contributed by atoms with E-state index in [1.807, 2.05) is 13.8 Å². The van der Waals surface area contributed by atoms with Crippen molar-refractivity contribution in [2.45, 2.75) is 39.4 Å². The zero-order valence-corrected chi connectivity index (χ0v) is 22.6. The zero-order valence-electron chi connectivity index (χ0n) is 21.8. The fourth-order valence-corrected chi connectivity index (χ4v) is 4.39. The molecule has 2 aromatic carbocycles. The highest BCUT2D eigenvalue weighted by molar-refractivity contribution is 7.92. The van der Waals surface area contributed by atoms with E-state index in [4.69, 9.17) is 14.2 Å². The van der Waals surface area contributed by atoms with Crippen LogP contribution in [0.4, 0.5) is 5.69 Å². The van der Waals surface area contributed by atoms with E-state index >= 15 is 0 Å². The summed E-state index contributed by atoms with van der Waals surface area (Å²) >= 11 is 0. The first-order chi connectivity index (χ1) is 16.9. The molecule has 0 fully saturated rings. The highest BCUT2D eigenvalue weighted by Crippen LogP contribution is 2.34. The first kappa shape index (κ1) is 28.8. The molecule has 198 valence electrons. The Hall–Kier alpha value is -3.47. The lowest BCUT2D eigenvalue weighted by molar-refractivity contribution is -0.139. The van der Waals surface area contributed by atoms with Crippen LogP contribution in [0.5, 0.6) is 17.2 Å². The Balaban J connectivity index is 2.50. The molecule has 0 aliphatic rings. The van der Waals surface area contributed by atoms with Gasteiger partial charge in [-0.05, 0) is 50.6 Å². The number of rotatable bonds is 12. The third-order valence-corrected chi connectivity index (χ3v) is 6.55. The van der Waals surface area contributed by atoms with Crippen molar-refractivity contribution in [1.82, 2.24) is 10.2 Å². The molecule has 2 amide bonds. The van der Waals surface area contributed by atoms with E-state index in [-0.39, 0.29) is 29.9 Å². The Labute approximate surface area is 213 Å². The van der Waals surface area contributed by atoms with Crippen LogP contribution in [-0.2, 0) is 26.2 Å². The second kappa shape index (κ2) is 12.5. The third-order valence-electron chi connectivity index (χ3n) is 5.42. The fraction of sp³-hybridized carbons (Fsp3) is 0.440. The monoisotopic (exact) mass is 521 g/mol. The van der Waals surface area contributed by atoms with Gasteiger partial charge in [-0.25, -0.2) is 8.42 Å². The molecule has 10 nitrogen and oxygen atoms in total. The van der Waals surface area contributed by atoms with Crippen LogP contribution in [0.2, 0.25) is 0 Å². The summed E-state index contributed by atoms with van der Waals surface area (Å²) in [5, 5.41) is 2.81. The molecule has 1 N–H and O–H groups in total. The first-order valence-electron chi connectivity index (χ1n) is 11.3. The summed E-state index contributed by atoms with van der Waals surface area (Å²) in [4.78, 5) is 27.9. The van der Waals surface area contributed by atoms with Gasteiger partial charge in [-0.1, -0.05) is 12.1 Å². The topological polar surface area (TPSA) is 114 Å². The van der Waals surface area contributed by atoms with E-state index in [0.717, 1.165) is 16.1 Å². The Bertz CT molecular complexity index is 1170. The Morgan fingerprint density at radius 1 is 0.944 bits per heavy atom. The van der Waals surface area contributed by atoms with Gasteiger partial charge in [0.2, 0.25) is 21.8 Å². The molecule has 1 atom stereocenters. The molecule has 0 aliphatic heterocycles. The van der Waals surface area contributed by atoms with Gasteiger partial charge in [-0.3, -0.25) is 13.9 Å². The van der Waals surface area contributed by atoms with Crippen LogP contribution < -0.4 is 23.8 Å². The van der Waals surface area contributed by atoms with E-state index in [2.05, 4.69) is 5.32 Å². The molecule has 0 aromatic heterocycles. The van der Waals surface area contributed by atoms with E-state index < -0.39 is 28.5 Å². The molecule has 36 heavy (non-hydrogen) atoms. The molecular weight excluding hydrogens is 486 g/mol. The summed E-state index contributed by atoms with van der Waals surface area (Å²) in [5.74, 6) is 0.312. The fourth-order valence-electron chi connectivity index (χ4n) is 3.54. The minimum Gasteiger partial charge on any atom is -0.497 e. The molecule has 0 saturated heterocycles. The predicted octanol–water partition coefficient (Wildman–Crippen LogP) is 2.42. The summed E-state index contributed by atoms with van der Waals surface area (Å²) in [5.41, 5.74) is 0.866. The minimum atomic E-state index is -3.92. The molecule has 0 unspecified atom stereocenters. The van der Waals surface area contributed by atoms with Gasteiger partial charge in [0, 0.05) is 18.7 Å². The van der Waals surface area contributed by atoms with Crippen molar-refractivity contribution in [2.24, 2.45) is 0 Å². The summed E-state index contributed by atoms with van der Waals surface area (Å²) in [6.07, 6.45) is 1.00. The zero-order chi connectivity index (χ0) is 27.0. The Kier molecular flexibility index (Phi) is 9.97. The number of benzene rings is 2. The third kappa shape index (κ3) is 7.51. The Morgan fingerprint density at radius 3 is 2.14 bits per heavy atom. The molecule has 2 aromatic rings. The highest BCUT2D eigenvalue weighted by Gasteiger charge is 2.31. The van der Waals surface area contributed by atoms with Crippen molar-refractivity contribution in [3.8, 4) is 17.2 Å². The van der Waals surface area contributed by atoms with E-state index in [0.29, 0.717) is 11.5 Å². The number of hydrogen-bond donors (Lipinski definition) is 1. The summed E-state index contributed by atoms with van der Waals surface area (Å²) in [7, 11) is 0.466. The van der Waals surface area contributed by atoms with Gasteiger partial charge < -0.3 is 24.4 Å². The van der Waals surface area contributed by atoms with E-state index in [1.165, 1.54) is 32.3 Å². The van der Waals surface area contributed by atoms with Gasteiger partial charge in [-0.15, -0.1) is 0 Å². The molecule has 0 spiro atoms. The van der Waals surface area contributed by atoms with Gasteiger partial charge >= 0.3 is 0 Å². The summed E-state index contributed by atoms with van der Waals surface area (Å²) < 4.78 is 42.4. The maximum atomic E-state index is 13.7. The van der Waals surface area contributed by atoms with Crippen LogP contribution in [0.25, 0.3) is 0 Å². The number of methoxy groups -OCH3 is 3. The van der Waals surface area contributed by atoms with Crippen LogP contribution in [0.3, 0.4) is 0 Å². The van der Waals surface area contributed by atoms with Crippen LogP contribution in [0.1, 0.15) is 26.3 Å². The number of nitrogens with one attached hydrogen (secondary N) is 1. The SMILES string of the molecule is COc1cccc(CN(C(=O)CN(c2cc(OC)ccc2OC)S(C)(=O)=O)[C@@H](C)C(=O)NC(C)C)c1. The van der Waals surface area contributed by atoms with E-state index in [1.54, 1.807) is 43.3 Å². The summed E-state index contributed by atoms with van der Waals surface area (Å²) in [6.45, 7) is 4.76. The van der Waals surface area contributed by atoms with Crippen molar-refractivity contribution < 1.29 is 32.2 Å². The van der Waals surface area contributed by atoms with Crippen molar-refractivity contribution in [3.05, 3.63) is 48.0 Å². The van der Waals surface area contributed by atoms with Crippen molar-refractivity contribution in [1.29, 1.82) is 0 Å². The number of carbonyl (C=O) groups is 2. The normalized spacial score (nSPS) is 12.0. The van der Waals surface area contributed by atoms with Crippen LogP contribution >= 0.6 is 0 Å². The lowest BCUT2D eigenvalue weighted by atomic mass is 10.1. The molecule has 2 rings (SSSR count). The largest absolute Gasteiger partial charge is 0.497 e. The predicted molar refractivity (Wildman–Crippen MR) is 138 cm³/mol. The van der Waals surface area contributed by atoms with Gasteiger partial charge in [0.05, 0.1) is 33.3 Å². The molecule has 0 heterocycles. The van der Waals surface area contributed by atoms with Crippen LogP contribution in [0, 0.1) is 0 Å². The number of nitrogens with zero attached hydrogens (tertiary/aromatic N) is 2. The summed E-state index contributed by atoms with van der Waals surface area (Å²) in [6, 6.07) is 10.8. The van der Waals surface area contributed by atoms with Crippen molar-refractivity contribution in [3.63, 3.8) is 0 Å². The number of sulfonamides is 1. The van der Waals surface area contributed by atoms with Crippen LogP contribution in [0.15, 0.2) is 42.5 Å². The van der Waals surface area contributed by atoms with E-state index in [9.17, 15) is 18.0 Å². The highest BCUT2D eigenvalue weighted by atomic mass is 32.2. The molecule has 0 aliphatic carbocycles. The lowest BCUT2D eigenvalue weighted by Crippen LogP contribution is -2.52. The Morgan fingerprint density at radius 2 is 1.58 bits per heavy atom. The average molecular weight is 522 g/mol. The molecular formula is C25H35N3O7S.